The van der Waals surface area contributed by atoms with E-state index in [4.69, 9.17) is 17.3 Å². The summed E-state index contributed by atoms with van der Waals surface area (Å²) in [6.07, 6.45) is 3.12. The van der Waals surface area contributed by atoms with Gasteiger partial charge in [-0.15, -0.1) is 0 Å². The fourth-order valence-corrected chi connectivity index (χ4v) is 4.12. The van der Waals surface area contributed by atoms with Gasteiger partial charge in [0.2, 0.25) is 5.91 Å². The van der Waals surface area contributed by atoms with Gasteiger partial charge in [-0.25, -0.2) is 4.99 Å². The lowest BCUT2D eigenvalue weighted by Gasteiger charge is -2.40. The number of nitrogens with zero attached hydrogens (tertiary/aromatic N) is 3. The second-order valence-electron chi connectivity index (χ2n) is 7.68. The summed E-state index contributed by atoms with van der Waals surface area (Å²) < 4.78 is 0. The van der Waals surface area contributed by atoms with Gasteiger partial charge < -0.3 is 26.0 Å². The first kappa shape index (κ1) is 23.0. The molecular formula is C22H29ClN6O2. The van der Waals surface area contributed by atoms with Gasteiger partial charge in [-0.3, -0.25) is 9.79 Å². The molecule has 0 radical (unpaired) electrons. The van der Waals surface area contributed by atoms with E-state index < -0.39 is 5.54 Å². The third kappa shape index (κ3) is 5.15. The fraction of sp³-hybridized carbons (Fsp3) is 0.409. The molecule has 2 aromatic rings. The van der Waals surface area contributed by atoms with Crippen LogP contribution in [0.4, 0.5) is 5.82 Å². The highest BCUT2D eigenvalue weighted by atomic mass is 35.5. The summed E-state index contributed by atoms with van der Waals surface area (Å²) in [5.41, 5.74) is 7.24. The highest BCUT2D eigenvalue weighted by Crippen LogP contribution is 2.27. The predicted molar refractivity (Wildman–Crippen MR) is 124 cm³/mol. The number of amides is 1. The van der Waals surface area contributed by atoms with Crippen LogP contribution in [0.2, 0.25) is 5.02 Å². The van der Waals surface area contributed by atoms with Crippen molar-refractivity contribution in [2.75, 3.05) is 26.7 Å². The van der Waals surface area contributed by atoms with Crippen LogP contribution in [-0.4, -0.2) is 65.7 Å². The quantitative estimate of drug-likeness (QED) is 0.387. The van der Waals surface area contributed by atoms with E-state index >= 15 is 0 Å². The molecule has 1 aliphatic heterocycles. The second kappa shape index (κ2) is 10.1. The number of aliphatic imine (C=N–C) groups is 2. The number of hydrogen-bond donors (Lipinski definition) is 4. The summed E-state index contributed by atoms with van der Waals surface area (Å²) in [6.45, 7) is 4.70. The summed E-state index contributed by atoms with van der Waals surface area (Å²) in [5, 5.41) is 13.1. The smallest absolute Gasteiger partial charge is 0.240 e. The Balaban J connectivity index is 1.68. The van der Waals surface area contributed by atoms with Crippen LogP contribution in [-0.2, 0) is 4.79 Å². The average Bonchev–Trinajstić information content (AvgIpc) is 3.24. The van der Waals surface area contributed by atoms with Gasteiger partial charge in [-0.1, -0.05) is 23.7 Å². The van der Waals surface area contributed by atoms with Crippen molar-refractivity contribution in [3.8, 4) is 0 Å². The molecule has 0 saturated carbocycles. The summed E-state index contributed by atoms with van der Waals surface area (Å²) in [4.78, 5) is 26.7. The number of hydrogen-bond acceptors (Lipinski definition) is 5. The van der Waals surface area contributed by atoms with Gasteiger partial charge in [0.1, 0.15) is 11.7 Å². The normalized spacial score (nSPS) is 17.3. The molecule has 0 aliphatic carbocycles. The summed E-state index contributed by atoms with van der Waals surface area (Å²) in [6, 6.07) is 8.82. The van der Waals surface area contributed by atoms with Crippen LogP contribution < -0.4 is 11.1 Å². The molecule has 2 heterocycles. The van der Waals surface area contributed by atoms with Crippen LogP contribution in [0.3, 0.4) is 0 Å². The number of piperidine rings is 1. The van der Waals surface area contributed by atoms with Gasteiger partial charge in [0.25, 0.3) is 0 Å². The Morgan fingerprint density at radius 2 is 2.16 bits per heavy atom. The number of likely N-dealkylation sites (tertiary alicyclic amines) is 1. The number of aromatic nitrogens is 1. The number of aliphatic hydroxyl groups is 1. The van der Waals surface area contributed by atoms with Crippen LogP contribution in [0.5, 0.6) is 0 Å². The van der Waals surface area contributed by atoms with Gasteiger partial charge in [0.15, 0.2) is 0 Å². The van der Waals surface area contributed by atoms with Gasteiger partial charge in [-0.05, 0) is 49.7 Å². The number of nitrogens with one attached hydrogen (secondary N) is 2. The van der Waals surface area contributed by atoms with E-state index in [0.29, 0.717) is 43.2 Å². The molecule has 1 fully saturated rings. The number of benzene rings is 1. The van der Waals surface area contributed by atoms with Gasteiger partial charge in [0, 0.05) is 38.0 Å². The molecule has 8 nitrogen and oxygen atoms in total. The van der Waals surface area contributed by atoms with Crippen LogP contribution in [0.25, 0.3) is 0 Å². The Morgan fingerprint density at radius 3 is 2.77 bits per heavy atom. The Kier molecular flexibility index (Phi) is 7.48. The molecular weight excluding hydrogens is 416 g/mol. The molecule has 31 heavy (non-hydrogen) atoms. The molecule has 5 N–H and O–H groups in total. The number of aliphatic hydroxyl groups excluding tert-OH is 1. The molecule has 9 heteroatoms. The second-order valence-corrected chi connectivity index (χ2v) is 8.12. The number of nitrogens with two attached hydrogens (primary N) is 1. The maximum atomic E-state index is 13.1. The summed E-state index contributed by atoms with van der Waals surface area (Å²) in [7, 11) is 1.73. The molecule has 1 saturated heterocycles. The van der Waals surface area contributed by atoms with Crippen molar-refractivity contribution in [3.63, 3.8) is 0 Å². The van der Waals surface area contributed by atoms with Crippen LogP contribution >= 0.6 is 11.6 Å². The maximum Gasteiger partial charge on any atom is 0.240 e. The van der Waals surface area contributed by atoms with E-state index in [0.717, 1.165) is 17.0 Å². The summed E-state index contributed by atoms with van der Waals surface area (Å²) >= 11 is 6.10. The monoisotopic (exact) mass is 444 g/mol. The number of aromatic amines is 1. The highest BCUT2D eigenvalue weighted by molar-refractivity contribution is 6.30. The van der Waals surface area contributed by atoms with Crippen LogP contribution in [0, 0.1) is 0 Å². The third-order valence-corrected chi connectivity index (χ3v) is 5.95. The van der Waals surface area contributed by atoms with Crippen LogP contribution in [0.15, 0.2) is 46.5 Å². The minimum absolute atomic E-state index is 0.0600. The Hall–Kier alpha value is -2.68. The van der Waals surface area contributed by atoms with Crippen molar-refractivity contribution in [1.29, 1.82) is 0 Å². The van der Waals surface area contributed by atoms with E-state index in [1.165, 1.54) is 0 Å². The molecule has 1 aromatic carbocycles. The van der Waals surface area contributed by atoms with E-state index in [-0.39, 0.29) is 18.6 Å². The van der Waals surface area contributed by atoms with Crippen molar-refractivity contribution < 1.29 is 9.90 Å². The zero-order chi connectivity index (χ0) is 22.4. The largest absolute Gasteiger partial charge is 0.396 e. The number of carbonyl (C=O) groups is 1. The summed E-state index contributed by atoms with van der Waals surface area (Å²) in [5.74, 6) is 1.23. The number of halogens is 1. The number of H-pyrrole nitrogens is 1. The first-order valence-electron chi connectivity index (χ1n) is 10.2. The SMILES string of the molecule is C=Nc1[nH]ccc1/C(=N\C)N1CCC(N)(C(=O)N[C@@H](CCO)c2cccc(Cl)c2)CC1. The van der Waals surface area contributed by atoms with Crippen LogP contribution in [0.1, 0.15) is 36.4 Å². The Morgan fingerprint density at radius 1 is 1.42 bits per heavy atom. The molecule has 1 aliphatic rings. The lowest BCUT2D eigenvalue weighted by Crippen LogP contribution is -2.60. The van der Waals surface area contributed by atoms with Crippen molar-refractivity contribution in [1.82, 2.24) is 15.2 Å². The van der Waals surface area contributed by atoms with Crippen molar-refractivity contribution >= 4 is 35.9 Å². The number of carbonyl (C=O) groups excluding carboxylic acids is 1. The van der Waals surface area contributed by atoms with Crippen molar-refractivity contribution in [2.24, 2.45) is 15.7 Å². The molecule has 1 amide bonds. The van der Waals surface area contributed by atoms with E-state index in [1.807, 2.05) is 18.2 Å². The first-order valence-corrected chi connectivity index (χ1v) is 10.6. The predicted octanol–water partition coefficient (Wildman–Crippen LogP) is 2.41. The van der Waals surface area contributed by atoms with E-state index in [9.17, 15) is 9.90 Å². The highest BCUT2D eigenvalue weighted by Gasteiger charge is 2.39. The van der Waals surface area contributed by atoms with Gasteiger partial charge >= 0.3 is 0 Å². The average molecular weight is 445 g/mol. The fourth-order valence-electron chi connectivity index (χ4n) is 3.93. The molecule has 1 aromatic heterocycles. The molecule has 0 bridgehead atoms. The maximum absolute atomic E-state index is 13.1. The zero-order valence-corrected chi connectivity index (χ0v) is 18.4. The molecule has 3 rings (SSSR count). The van der Waals surface area contributed by atoms with E-state index in [2.05, 4.69) is 31.9 Å². The lowest BCUT2D eigenvalue weighted by molar-refractivity contribution is -0.128. The molecule has 1 atom stereocenters. The molecule has 0 unspecified atom stereocenters. The van der Waals surface area contributed by atoms with Crippen molar-refractivity contribution in [3.05, 3.63) is 52.7 Å². The number of amidine groups is 1. The zero-order valence-electron chi connectivity index (χ0n) is 17.6. The number of rotatable bonds is 7. The Labute approximate surface area is 187 Å². The van der Waals surface area contributed by atoms with E-state index in [1.54, 1.807) is 25.4 Å². The van der Waals surface area contributed by atoms with Gasteiger partial charge in [0.05, 0.1) is 17.1 Å². The third-order valence-electron chi connectivity index (χ3n) is 5.72. The van der Waals surface area contributed by atoms with Gasteiger partial charge in [-0.2, -0.15) is 0 Å². The molecule has 166 valence electrons. The first-order chi connectivity index (χ1) is 14.9. The minimum atomic E-state index is -1.00. The van der Waals surface area contributed by atoms with Crippen molar-refractivity contribution in [2.45, 2.75) is 30.8 Å². The standard InChI is InChI=1S/C22H29ClN6O2/c1-25-19-17(6-10-27-19)20(26-2)29-11-8-22(24,9-12-29)21(31)28-18(7-13-30)15-4-3-5-16(23)14-15/h3-6,10,14,18,27,30H,1,7-9,11-13,24H2,2H3,(H,28,31)/b26-20+/t18-/m0/s1. The topological polar surface area (TPSA) is 119 Å². The minimum Gasteiger partial charge on any atom is -0.396 e. The Bertz CT molecular complexity index is 949. The lowest BCUT2D eigenvalue weighted by atomic mass is 9.86. The molecule has 0 spiro atoms.